The molecular weight excluding hydrogens is 218 g/mol. The Morgan fingerprint density at radius 3 is 2.06 bits per heavy atom. The molecule has 5 heteroatoms. The predicted molar refractivity (Wildman–Crippen MR) is 68.6 cm³/mol. The van der Waals surface area contributed by atoms with Gasteiger partial charge in [0.1, 0.15) is 0 Å². The van der Waals surface area contributed by atoms with Gasteiger partial charge in [-0.15, -0.1) is 0 Å². The molecule has 0 saturated heterocycles. The highest BCUT2D eigenvalue weighted by molar-refractivity contribution is 5.83. The van der Waals surface area contributed by atoms with Crippen molar-refractivity contribution in [1.82, 2.24) is 15.5 Å². The largest absolute Gasteiger partial charge is 0.352 e. The van der Waals surface area contributed by atoms with Crippen molar-refractivity contribution in [3.05, 3.63) is 0 Å². The van der Waals surface area contributed by atoms with Crippen LogP contribution in [-0.2, 0) is 9.59 Å². The minimum absolute atomic E-state index is 0.0327. The molecule has 17 heavy (non-hydrogen) atoms. The zero-order valence-electron chi connectivity index (χ0n) is 11.7. The Kier molecular flexibility index (Phi) is 6.80. The average Bonchev–Trinajstić information content (AvgIpc) is 2.24. The molecule has 0 spiro atoms. The van der Waals surface area contributed by atoms with Crippen LogP contribution in [0.15, 0.2) is 0 Å². The molecule has 0 radical (unpaired) electrons. The van der Waals surface area contributed by atoms with Gasteiger partial charge in [0.15, 0.2) is 0 Å². The smallest absolute Gasteiger partial charge is 0.238 e. The molecule has 0 saturated carbocycles. The second-order valence-corrected chi connectivity index (χ2v) is 4.94. The fourth-order valence-corrected chi connectivity index (χ4v) is 1.19. The molecule has 0 aliphatic rings. The van der Waals surface area contributed by atoms with Crippen molar-refractivity contribution in [2.45, 2.75) is 39.8 Å². The Morgan fingerprint density at radius 1 is 1.12 bits per heavy atom. The molecule has 0 fully saturated rings. The van der Waals surface area contributed by atoms with Gasteiger partial charge in [0.25, 0.3) is 0 Å². The van der Waals surface area contributed by atoms with Crippen molar-refractivity contribution in [1.29, 1.82) is 0 Å². The predicted octanol–water partition coefficient (Wildman–Crippen LogP) is 0.213. The summed E-state index contributed by atoms with van der Waals surface area (Å²) in [5.41, 5.74) is 0. The van der Waals surface area contributed by atoms with Crippen LogP contribution in [0.2, 0.25) is 0 Å². The highest BCUT2D eigenvalue weighted by Crippen LogP contribution is 1.98. The molecular formula is C12H25N3O2. The number of rotatable bonds is 6. The zero-order valence-corrected chi connectivity index (χ0v) is 11.7. The van der Waals surface area contributed by atoms with Crippen molar-refractivity contribution >= 4 is 11.8 Å². The second-order valence-electron chi connectivity index (χ2n) is 4.94. The molecule has 0 aromatic carbocycles. The number of carbonyl (C=O) groups is 2. The lowest BCUT2D eigenvalue weighted by Crippen LogP contribution is -2.47. The first-order chi connectivity index (χ1) is 7.75. The minimum Gasteiger partial charge on any atom is -0.352 e. The van der Waals surface area contributed by atoms with Crippen LogP contribution in [0.3, 0.4) is 0 Å². The van der Waals surface area contributed by atoms with Crippen molar-refractivity contribution in [2.75, 3.05) is 20.6 Å². The SMILES string of the molecule is CC(NCC(=O)NC(C)C(C)C)C(=O)N(C)C. The minimum atomic E-state index is -0.342. The molecule has 0 aliphatic carbocycles. The van der Waals surface area contributed by atoms with Gasteiger partial charge in [-0.05, 0) is 19.8 Å². The number of likely N-dealkylation sites (N-methyl/N-ethyl adjacent to an activating group) is 1. The molecule has 0 heterocycles. The molecule has 5 nitrogen and oxygen atoms in total. The van der Waals surface area contributed by atoms with Crippen LogP contribution in [0.5, 0.6) is 0 Å². The Balaban J connectivity index is 3.96. The van der Waals surface area contributed by atoms with E-state index >= 15 is 0 Å². The Morgan fingerprint density at radius 2 is 1.65 bits per heavy atom. The van der Waals surface area contributed by atoms with Gasteiger partial charge >= 0.3 is 0 Å². The van der Waals surface area contributed by atoms with E-state index in [2.05, 4.69) is 24.5 Å². The molecule has 0 aromatic rings. The van der Waals surface area contributed by atoms with E-state index < -0.39 is 0 Å². The molecule has 0 rings (SSSR count). The van der Waals surface area contributed by atoms with E-state index in [-0.39, 0.29) is 30.4 Å². The molecule has 2 amide bonds. The number of carbonyl (C=O) groups excluding carboxylic acids is 2. The molecule has 2 unspecified atom stereocenters. The molecule has 100 valence electrons. The van der Waals surface area contributed by atoms with Gasteiger partial charge < -0.3 is 10.2 Å². The molecule has 2 atom stereocenters. The average molecular weight is 243 g/mol. The lowest BCUT2D eigenvalue weighted by atomic mass is 10.1. The molecule has 0 bridgehead atoms. The lowest BCUT2D eigenvalue weighted by molar-refractivity contribution is -0.130. The summed E-state index contributed by atoms with van der Waals surface area (Å²) in [7, 11) is 3.39. The molecule has 0 aromatic heterocycles. The van der Waals surface area contributed by atoms with E-state index in [0.29, 0.717) is 5.92 Å². The summed E-state index contributed by atoms with van der Waals surface area (Å²) in [5.74, 6) is 0.291. The van der Waals surface area contributed by atoms with Crippen LogP contribution in [0.1, 0.15) is 27.7 Å². The first-order valence-corrected chi connectivity index (χ1v) is 5.99. The van der Waals surface area contributed by atoms with Gasteiger partial charge in [-0.25, -0.2) is 0 Å². The van der Waals surface area contributed by atoms with Crippen molar-refractivity contribution in [2.24, 2.45) is 5.92 Å². The lowest BCUT2D eigenvalue weighted by Gasteiger charge is -2.20. The number of amides is 2. The Hall–Kier alpha value is -1.10. The van der Waals surface area contributed by atoms with Crippen LogP contribution >= 0.6 is 0 Å². The van der Waals surface area contributed by atoms with E-state index in [0.717, 1.165) is 0 Å². The van der Waals surface area contributed by atoms with E-state index in [1.807, 2.05) is 6.92 Å². The highest BCUT2D eigenvalue weighted by Gasteiger charge is 2.16. The summed E-state index contributed by atoms with van der Waals surface area (Å²) in [5, 5.41) is 5.78. The summed E-state index contributed by atoms with van der Waals surface area (Å²) in [6.45, 7) is 7.99. The van der Waals surface area contributed by atoms with Gasteiger partial charge in [0.2, 0.25) is 11.8 Å². The number of nitrogens with zero attached hydrogens (tertiary/aromatic N) is 1. The zero-order chi connectivity index (χ0) is 13.6. The van der Waals surface area contributed by atoms with Crippen LogP contribution in [-0.4, -0.2) is 49.4 Å². The third-order valence-corrected chi connectivity index (χ3v) is 2.77. The molecule has 2 N–H and O–H groups in total. The van der Waals surface area contributed by atoms with E-state index in [1.54, 1.807) is 21.0 Å². The maximum absolute atomic E-state index is 11.6. The van der Waals surface area contributed by atoms with Crippen LogP contribution in [0, 0.1) is 5.92 Å². The first-order valence-electron chi connectivity index (χ1n) is 5.99. The maximum Gasteiger partial charge on any atom is 0.238 e. The van der Waals surface area contributed by atoms with Gasteiger partial charge in [-0.3, -0.25) is 14.9 Å². The topological polar surface area (TPSA) is 61.4 Å². The normalized spacial score (nSPS) is 14.3. The fourth-order valence-electron chi connectivity index (χ4n) is 1.19. The van der Waals surface area contributed by atoms with Crippen molar-refractivity contribution < 1.29 is 9.59 Å². The third-order valence-electron chi connectivity index (χ3n) is 2.77. The van der Waals surface area contributed by atoms with Gasteiger partial charge in [0.05, 0.1) is 12.6 Å². The number of hydrogen-bond donors (Lipinski definition) is 2. The second kappa shape index (κ2) is 7.27. The standard InChI is InChI=1S/C12H25N3O2/c1-8(2)9(3)14-11(16)7-13-10(4)12(17)15(5)6/h8-10,13H,7H2,1-6H3,(H,14,16). The van der Waals surface area contributed by atoms with Gasteiger partial charge in [0, 0.05) is 20.1 Å². The fraction of sp³-hybridized carbons (Fsp3) is 0.833. The highest BCUT2D eigenvalue weighted by atomic mass is 16.2. The van der Waals surface area contributed by atoms with Crippen LogP contribution < -0.4 is 10.6 Å². The van der Waals surface area contributed by atoms with Crippen molar-refractivity contribution in [3.63, 3.8) is 0 Å². The summed E-state index contributed by atoms with van der Waals surface area (Å²) < 4.78 is 0. The third kappa shape index (κ3) is 6.26. The molecule has 0 aliphatic heterocycles. The van der Waals surface area contributed by atoms with E-state index in [9.17, 15) is 9.59 Å². The van der Waals surface area contributed by atoms with Crippen LogP contribution in [0.4, 0.5) is 0 Å². The Labute approximate surface area is 104 Å². The van der Waals surface area contributed by atoms with E-state index in [1.165, 1.54) is 4.90 Å². The summed E-state index contributed by atoms with van der Waals surface area (Å²) in [6.07, 6.45) is 0. The summed E-state index contributed by atoms with van der Waals surface area (Å²) in [4.78, 5) is 24.6. The maximum atomic E-state index is 11.6. The summed E-state index contributed by atoms with van der Waals surface area (Å²) in [6, 6.07) is -0.200. The van der Waals surface area contributed by atoms with Gasteiger partial charge in [-0.1, -0.05) is 13.8 Å². The first kappa shape index (κ1) is 15.9. The number of nitrogens with one attached hydrogen (secondary N) is 2. The quantitative estimate of drug-likeness (QED) is 0.701. The van der Waals surface area contributed by atoms with E-state index in [4.69, 9.17) is 0 Å². The van der Waals surface area contributed by atoms with Crippen molar-refractivity contribution in [3.8, 4) is 0 Å². The summed E-state index contributed by atoms with van der Waals surface area (Å²) >= 11 is 0. The van der Waals surface area contributed by atoms with Gasteiger partial charge in [-0.2, -0.15) is 0 Å². The monoisotopic (exact) mass is 243 g/mol. The van der Waals surface area contributed by atoms with Crippen LogP contribution in [0.25, 0.3) is 0 Å². The number of hydrogen-bond acceptors (Lipinski definition) is 3. The Bertz CT molecular complexity index is 264.